The SMILES string of the molecule is NC(CNCc1cccc(CO)c1)C(=O)O. The lowest BCUT2D eigenvalue weighted by molar-refractivity contribution is -0.138. The Balaban J connectivity index is 2.39. The molecule has 0 saturated heterocycles. The van der Waals surface area contributed by atoms with Crippen LogP contribution in [0, 0.1) is 0 Å². The van der Waals surface area contributed by atoms with Gasteiger partial charge in [-0.25, -0.2) is 0 Å². The highest BCUT2D eigenvalue weighted by atomic mass is 16.4. The fraction of sp³-hybridized carbons (Fsp3) is 0.364. The van der Waals surface area contributed by atoms with Crippen LogP contribution in [0.25, 0.3) is 0 Å². The molecule has 1 atom stereocenters. The summed E-state index contributed by atoms with van der Waals surface area (Å²) in [6.07, 6.45) is 0. The van der Waals surface area contributed by atoms with E-state index in [2.05, 4.69) is 5.32 Å². The third kappa shape index (κ3) is 3.98. The number of aliphatic hydroxyl groups excluding tert-OH is 1. The van der Waals surface area contributed by atoms with Crippen LogP contribution in [0.3, 0.4) is 0 Å². The highest BCUT2D eigenvalue weighted by molar-refractivity contribution is 5.73. The molecule has 0 aromatic heterocycles. The van der Waals surface area contributed by atoms with Gasteiger partial charge in [-0.3, -0.25) is 4.79 Å². The molecule has 0 aliphatic rings. The molecular formula is C11H16N2O3. The first kappa shape index (κ1) is 12.6. The Morgan fingerprint density at radius 3 is 2.75 bits per heavy atom. The quantitative estimate of drug-likeness (QED) is 0.531. The second-order valence-electron chi connectivity index (χ2n) is 3.55. The molecule has 0 amide bonds. The van der Waals surface area contributed by atoms with Crippen molar-refractivity contribution in [2.45, 2.75) is 19.2 Å². The van der Waals surface area contributed by atoms with Crippen LogP contribution in [0.1, 0.15) is 11.1 Å². The van der Waals surface area contributed by atoms with Crippen molar-refractivity contribution in [3.05, 3.63) is 35.4 Å². The van der Waals surface area contributed by atoms with Gasteiger partial charge in [0.15, 0.2) is 0 Å². The van der Waals surface area contributed by atoms with Crippen molar-refractivity contribution in [1.82, 2.24) is 5.32 Å². The molecule has 0 saturated carbocycles. The van der Waals surface area contributed by atoms with Gasteiger partial charge in [-0.15, -0.1) is 0 Å². The van der Waals surface area contributed by atoms with Crippen molar-refractivity contribution >= 4 is 5.97 Å². The van der Waals surface area contributed by atoms with Crippen molar-refractivity contribution in [1.29, 1.82) is 0 Å². The van der Waals surface area contributed by atoms with E-state index in [1.807, 2.05) is 24.3 Å². The molecule has 1 unspecified atom stereocenters. The van der Waals surface area contributed by atoms with E-state index in [1.165, 1.54) is 0 Å². The maximum Gasteiger partial charge on any atom is 0.321 e. The van der Waals surface area contributed by atoms with E-state index in [4.69, 9.17) is 15.9 Å². The maximum atomic E-state index is 10.4. The molecule has 5 heteroatoms. The summed E-state index contributed by atoms with van der Waals surface area (Å²) in [5.41, 5.74) is 7.16. The minimum absolute atomic E-state index is 0.00246. The van der Waals surface area contributed by atoms with Crippen LogP contribution in [0.4, 0.5) is 0 Å². The molecule has 0 spiro atoms. The summed E-state index contributed by atoms with van der Waals surface area (Å²) in [5.74, 6) is -1.02. The zero-order chi connectivity index (χ0) is 12.0. The lowest BCUT2D eigenvalue weighted by Gasteiger charge is -2.08. The minimum Gasteiger partial charge on any atom is -0.480 e. The van der Waals surface area contributed by atoms with E-state index in [-0.39, 0.29) is 13.2 Å². The van der Waals surface area contributed by atoms with Crippen molar-refractivity contribution in [3.63, 3.8) is 0 Å². The van der Waals surface area contributed by atoms with Gasteiger partial charge in [-0.2, -0.15) is 0 Å². The van der Waals surface area contributed by atoms with E-state index >= 15 is 0 Å². The van der Waals surface area contributed by atoms with E-state index in [1.54, 1.807) is 0 Å². The maximum absolute atomic E-state index is 10.4. The molecule has 0 bridgehead atoms. The van der Waals surface area contributed by atoms with Crippen LogP contribution in [0.15, 0.2) is 24.3 Å². The third-order valence-corrected chi connectivity index (χ3v) is 2.18. The van der Waals surface area contributed by atoms with E-state index in [9.17, 15) is 4.79 Å². The molecule has 1 aromatic rings. The third-order valence-electron chi connectivity index (χ3n) is 2.18. The fourth-order valence-electron chi connectivity index (χ4n) is 1.30. The molecule has 1 aromatic carbocycles. The van der Waals surface area contributed by atoms with Gasteiger partial charge in [-0.05, 0) is 11.1 Å². The Morgan fingerprint density at radius 2 is 2.12 bits per heavy atom. The van der Waals surface area contributed by atoms with E-state index in [0.29, 0.717) is 6.54 Å². The highest BCUT2D eigenvalue weighted by Crippen LogP contribution is 2.04. The standard InChI is InChI=1S/C11H16N2O3/c12-10(11(15)16)6-13-5-8-2-1-3-9(4-8)7-14/h1-4,10,13-14H,5-7,12H2,(H,15,16). The largest absolute Gasteiger partial charge is 0.480 e. The van der Waals surface area contributed by atoms with Gasteiger partial charge >= 0.3 is 5.97 Å². The number of benzene rings is 1. The van der Waals surface area contributed by atoms with Crippen LogP contribution in [-0.2, 0) is 17.9 Å². The zero-order valence-corrected chi connectivity index (χ0v) is 8.89. The van der Waals surface area contributed by atoms with Crippen LogP contribution in [0.5, 0.6) is 0 Å². The average molecular weight is 224 g/mol. The molecule has 0 aliphatic heterocycles. The number of hydrogen-bond donors (Lipinski definition) is 4. The predicted molar refractivity (Wildman–Crippen MR) is 59.7 cm³/mol. The van der Waals surface area contributed by atoms with Crippen molar-refractivity contribution in [2.24, 2.45) is 5.73 Å². The summed E-state index contributed by atoms with van der Waals surface area (Å²) in [4.78, 5) is 10.4. The van der Waals surface area contributed by atoms with Gasteiger partial charge in [0.2, 0.25) is 0 Å². The summed E-state index contributed by atoms with van der Waals surface area (Å²) in [6.45, 7) is 0.760. The number of aliphatic hydroxyl groups is 1. The molecule has 88 valence electrons. The number of rotatable bonds is 6. The first-order valence-corrected chi connectivity index (χ1v) is 5.01. The minimum atomic E-state index is -1.02. The molecule has 0 fully saturated rings. The van der Waals surface area contributed by atoms with Crippen LogP contribution >= 0.6 is 0 Å². The fourth-order valence-corrected chi connectivity index (χ4v) is 1.30. The number of carboxylic acid groups (broad SMARTS) is 1. The number of hydrogen-bond acceptors (Lipinski definition) is 4. The topological polar surface area (TPSA) is 95.6 Å². The molecule has 0 aliphatic carbocycles. The number of carbonyl (C=O) groups is 1. The van der Waals surface area contributed by atoms with Gasteiger partial charge in [0.1, 0.15) is 6.04 Å². The van der Waals surface area contributed by atoms with Gasteiger partial charge in [0.25, 0.3) is 0 Å². The Bertz CT molecular complexity index is 355. The van der Waals surface area contributed by atoms with Crippen molar-refractivity contribution in [2.75, 3.05) is 6.54 Å². The second-order valence-corrected chi connectivity index (χ2v) is 3.55. The first-order chi connectivity index (χ1) is 7.63. The van der Waals surface area contributed by atoms with Crippen LogP contribution in [-0.4, -0.2) is 28.8 Å². The summed E-state index contributed by atoms with van der Waals surface area (Å²) in [6, 6.07) is 6.55. The number of aliphatic carboxylic acids is 1. The average Bonchev–Trinajstić information content (AvgIpc) is 2.29. The molecule has 16 heavy (non-hydrogen) atoms. The van der Waals surface area contributed by atoms with Gasteiger partial charge in [0.05, 0.1) is 6.61 Å². The van der Waals surface area contributed by atoms with Crippen molar-refractivity contribution < 1.29 is 15.0 Å². The molecule has 5 N–H and O–H groups in total. The summed E-state index contributed by atoms with van der Waals surface area (Å²) in [7, 11) is 0. The van der Waals surface area contributed by atoms with Crippen molar-refractivity contribution in [3.8, 4) is 0 Å². The summed E-state index contributed by atoms with van der Waals surface area (Å²) < 4.78 is 0. The second kappa shape index (κ2) is 6.22. The number of carboxylic acids is 1. The Labute approximate surface area is 93.9 Å². The van der Waals surface area contributed by atoms with Gasteiger partial charge in [-0.1, -0.05) is 24.3 Å². The van der Waals surface area contributed by atoms with E-state index < -0.39 is 12.0 Å². The van der Waals surface area contributed by atoms with Crippen LogP contribution in [0.2, 0.25) is 0 Å². The predicted octanol–water partition coefficient (Wildman–Crippen LogP) is -0.320. The van der Waals surface area contributed by atoms with Gasteiger partial charge < -0.3 is 21.3 Å². The Kier molecular flexibility index (Phi) is 4.91. The monoisotopic (exact) mass is 224 g/mol. The summed E-state index contributed by atoms with van der Waals surface area (Å²) in [5, 5.41) is 20.4. The summed E-state index contributed by atoms with van der Waals surface area (Å²) >= 11 is 0. The first-order valence-electron chi connectivity index (χ1n) is 5.01. The number of nitrogens with one attached hydrogen (secondary N) is 1. The van der Waals surface area contributed by atoms with Crippen LogP contribution < -0.4 is 11.1 Å². The Hall–Kier alpha value is -1.43. The lowest BCUT2D eigenvalue weighted by atomic mass is 10.1. The normalized spacial score (nSPS) is 12.4. The molecule has 1 rings (SSSR count). The van der Waals surface area contributed by atoms with E-state index in [0.717, 1.165) is 11.1 Å². The molecular weight excluding hydrogens is 208 g/mol. The molecule has 0 heterocycles. The van der Waals surface area contributed by atoms with Gasteiger partial charge in [0, 0.05) is 13.1 Å². The molecule has 0 radical (unpaired) electrons. The molecule has 5 nitrogen and oxygen atoms in total. The zero-order valence-electron chi connectivity index (χ0n) is 8.89. The Morgan fingerprint density at radius 1 is 1.44 bits per heavy atom. The number of nitrogens with two attached hydrogens (primary N) is 1. The smallest absolute Gasteiger partial charge is 0.321 e. The highest BCUT2D eigenvalue weighted by Gasteiger charge is 2.09. The lowest BCUT2D eigenvalue weighted by Crippen LogP contribution is -2.40.